The van der Waals surface area contributed by atoms with Gasteiger partial charge in [0.2, 0.25) is 0 Å². The molecule has 1 unspecified atom stereocenters. The van der Waals surface area contributed by atoms with Crippen LogP contribution in [0.2, 0.25) is 0 Å². The van der Waals surface area contributed by atoms with Crippen molar-refractivity contribution in [2.45, 2.75) is 51.4 Å². The fourth-order valence-corrected chi connectivity index (χ4v) is 4.58. The second-order valence-corrected chi connectivity index (χ2v) is 8.43. The van der Waals surface area contributed by atoms with Gasteiger partial charge in [-0.2, -0.15) is 5.26 Å². The van der Waals surface area contributed by atoms with Crippen molar-refractivity contribution in [1.82, 2.24) is 0 Å². The molecule has 0 N–H and O–H groups in total. The van der Waals surface area contributed by atoms with E-state index in [1.165, 1.54) is 18.2 Å². The maximum absolute atomic E-state index is 14.8. The molecule has 0 aliphatic heterocycles. The molecule has 1 aliphatic carbocycles. The second kappa shape index (κ2) is 9.16. The number of hydrogen-bond donors (Lipinski definition) is 0. The highest BCUT2D eigenvalue weighted by Crippen LogP contribution is 2.37. The Morgan fingerprint density at radius 1 is 0.875 bits per heavy atom. The van der Waals surface area contributed by atoms with Crippen molar-refractivity contribution in [1.29, 1.82) is 5.26 Å². The van der Waals surface area contributed by atoms with Crippen molar-refractivity contribution in [3.8, 4) is 17.2 Å². The topological polar surface area (TPSA) is 23.8 Å². The number of aryl methyl sites for hydroxylation is 2. The first-order valence-corrected chi connectivity index (χ1v) is 10.9. The quantitative estimate of drug-likeness (QED) is 0.382. The summed E-state index contributed by atoms with van der Waals surface area (Å²) in [4.78, 5) is 0. The van der Waals surface area contributed by atoms with Gasteiger partial charge in [0, 0.05) is 5.56 Å². The first kappa shape index (κ1) is 22.1. The van der Waals surface area contributed by atoms with Crippen LogP contribution in [-0.4, -0.2) is 0 Å². The van der Waals surface area contributed by atoms with Crippen LogP contribution in [0, 0.1) is 34.6 Å². The summed E-state index contributed by atoms with van der Waals surface area (Å²) < 4.78 is 57.6. The molecule has 164 valence electrons. The number of hydrogen-bond acceptors (Lipinski definition) is 1. The Balaban J connectivity index is 1.59. The van der Waals surface area contributed by atoms with Crippen LogP contribution in [0.15, 0.2) is 42.5 Å². The molecule has 4 rings (SSSR count). The highest BCUT2D eigenvalue weighted by Gasteiger charge is 2.26. The number of rotatable bonds is 5. The Morgan fingerprint density at radius 2 is 1.56 bits per heavy atom. The molecular formula is C27H23F4N. The molecule has 3 aromatic carbocycles. The van der Waals surface area contributed by atoms with E-state index in [0.29, 0.717) is 42.4 Å². The molecule has 1 nitrogen and oxygen atoms in total. The number of benzene rings is 3. The Morgan fingerprint density at radius 3 is 2.19 bits per heavy atom. The number of nitriles is 1. The van der Waals surface area contributed by atoms with E-state index in [-0.39, 0.29) is 11.5 Å². The van der Waals surface area contributed by atoms with Crippen molar-refractivity contribution in [2.75, 3.05) is 0 Å². The fourth-order valence-electron chi connectivity index (χ4n) is 4.58. The summed E-state index contributed by atoms with van der Waals surface area (Å²) in [7, 11) is 0. The SMILES string of the molecule is CCCCc1cc(F)c(C2CCc3cc(-c4cc(F)c(C#N)c(F)c4)ccc3C2)c(F)c1. The lowest BCUT2D eigenvalue weighted by Gasteiger charge is -2.26. The molecule has 3 aromatic rings. The minimum Gasteiger partial charge on any atom is -0.207 e. The summed E-state index contributed by atoms with van der Waals surface area (Å²) in [6, 6.07) is 12.2. The molecule has 0 bridgehead atoms. The van der Waals surface area contributed by atoms with Crippen LogP contribution < -0.4 is 0 Å². The minimum absolute atomic E-state index is 0.149. The van der Waals surface area contributed by atoms with Gasteiger partial charge in [-0.05, 0) is 90.1 Å². The fraction of sp³-hybridized carbons (Fsp3) is 0.296. The second-order valence-electron chi connectivity index (χ2n) is 8.43. The largest absolute Gasteiger partial charge is 0.207 e. The number of nitrogens with zero attached hydrogens (tertiary/aromatic N) is 1. The third-order valence-electron chi connectivity index (χ3n) is 6.29. The Labute approximate surface area is 185 Å². The van der Waals surface area contributed by atoms with E-state index >= 15 is 0 Å². The molecular weight excluding hydrogens is 414 g/mol. The zero-order valence-corrected chi connectivity index (χ0v) is 17.8. The van der Waals surface area contributed by atoms with Crippen molar-refractivity contribution < 1.29 is 17.6 Å². The molecule has 0 fully saturated rings. The summed E-state index contributed by atoms with van der Waals surface area (Å²) in [5.41, 5.74) is 3.22. The third-order valence-corrected chi connectivity index (χ3v) is 6.29. The lowest BCUT2D eigenvalue weighted by atomic mass is 9.78. The van der Waals surface area contributed by atoms with Gasteiger partial charge in [-0.1, -0.05) is 31.5 Å². The van der Waals surface area contributed by atoms with Gasteiger partial charge >= 0.3 is 0 Å². The number of halogens is 4. The number of fused-ring (bicyclic) bond motifs is 1. The highest BCUT2D eigenvalue weighted by atomic mass is 19.1. The molecule has 0 aromatic heterocycles. The normalized spacial score (nSPS) is 15.3. The summed E-state index contributed by atoms with van der Waals surface area (Å²) in [5.74, 6) is -3.00. The van der Waals surface area contributed by atoms with E-state index in [2.05, 4.69) is 0 Å². The van der Waals surface area contributed by atoms with E-state index < -0.39 is 28.8 Å². The average molecular weight is 437 g/mol. The molecule has 1 atom stereocenters. The monoisotopic (exact) mass is 437 g/mol. The van der Waals surface area contributed by atoms with Gasteiger partial charge in [-0.15, -0.1) is 0 Å². The molecule has 1 aliphatic rings. The van der Waals surface area contributed by atoms with Gasteiger partial charge in [-0.25, -0.2) is 17.6 Å². The zero-order valence-electron chi connectivity index (χ0n) is 17.8. The maximum atomic E-state index is 14.8. The molecule has 5 heteroatoms. The van der Waals surface area contributed by atoms with E-state index in [9.17, 15) is 17.6 Å². The Kier molecular flexibility index (Phi) is 6.32. The van der Waals surface area contributed by atoms with Gasteiger partial charge in [0.05, 0.1) is 0 Å². The Bertz CT molecular complexity index is 1160. The zero-order chi connectivity index (χ0) is 22.8. The maximum Gasteiger partial charge on any atom is 0.144 e. The van der Waals surface area contributed by atoms with E-state index in [1.807, 2.05) is 19.1 Å². The summed E-state index contributed by atoms with van der Waals surface area (Å²) >= 11 is 0. The minimum atomic E-state index is -0.895. The third kappa shape index (κ3) is 4.27. The van der Waals surface area contributed by atoms with Crippen molar-refractivity contribution in [3.05, 3.63) is 93.6 Å². The van der Waals surface area contributed by atoms with Crippen molar-refractivity contribution >= 4 is 0 Å². The first-order chi connectivity index (χ1) is 15.4. The van der Waals surface area contributed by atoms with E-state index in [1.54, 1.807) is 6.07 Å². The molecule has 0 saturated heterocycles. The van der Waals surface area contributed by atoms with Crippen LogP contribution in [0.4, 0.5) is 17.6 Å². The van der Waals surface area contributed by atoms with E-state index in [4.69, 9.17) is 5.26 Å². The first-order valence-electron chi connectivity index (χ1n) is 10.9. The van der Waals surface area contributed by atoms with Crippen LogP contribution in [0.1, 0.15) is 59.9 Å². The van der Waals surface area contributed by atoms with E-state index in [0.717, 1.165) is 36.1 Å². The van der Waals surface area contributed by atoms with Crippen LogP contribution >= 0.6 is 0 Å². The van der Waals surface area contributed by atoms with Gasteiger partial charge in [-0.3, -0.25) is 0 Å². The summed E-state index contributed by atoms with van der Waals surface area (Å²) in [6.45, 7) is 2.04. The van der Waals surface area contributed by atoms with Gasteiger partial charge < -0.3 is 0 Å². The summed E-state index contributed by atoms with van der Waals surface area (Å²) in [6.07, 6.45) is 4.24. The average Bonchev–Trinajstić information content (AvgIpc) is 2.76. The lowest BCUT2D eigenvalue weighted by Crippen LogP contribution is -2.16. The van der Waals surface area contributed by atoms with Gasteiger partial charge in [0.1, 0.15) is 34.9 Å². The van der Waals surface area contributed by atoms with Crippen molar-refractivity contribution in [3.63, 3.8) is 0 Å². The van der Waals surface area contributed by atoms with Crippen LogP contribution in [0.5, 0.6) is 0 Å². The van der Waals surface area contributed by atoms with Crippen LogP contribution in [0.25, 0.3) is 11.1 Å². The van der Waals surface area contributed by atoms with Gasteiger partial charge in [0.25, 0.3) is 0 Å². The van der Waals surface area contributed by atoms with Crippen LogP contribution in [-0.2, 0) is 19.3 Å². The van der Waals surface area contributed by atoms with Crippen molar-refractivity contribution in [2.24, 2.45) is 0 Å². The molecule has 0 spiro atoms. The Hall–Kier alpha value is -3.13. The molecule has 0 heterocycles. The van der Waals surface area contributed by atoms with Crippen LogP contribution in [0.3, 0.4) is 0 Å². The number of unbranched alkanes of at least 4 members (excludes halogenated alkanes) is 1. The predicted molar refractivity (Wildman–Crippen MR) is 116 cm³/mol. The molecule has 32 heavy (non-hydrogen) atoms. The molecule has 0 radical (unpaired) electrons. The standard InChI is InChI=1S/C27H23F4N/c1-2-3-4-16-9-25(30)27(26(31)10-16)20-8-7-17-11-19(6-5-18(17)12-20)21-13-23(28)22(15-32)24(29)14-21/h5-6,9-11,13-14,20H,2-4,7-8,12H2,1H3. The lowest BCUT2D eigenvalue weighted by molar-refractivity contribution is 0.489. The predicted octanol–water partition coefficient (Wildman–Crippen LogP) is 7.40. The summed E-state index contributed by atoms with van der Waals surface area (Å²) in [5, 5.41) is 8.85. The van der Waals surface area contributed by atoms with Gasteiger partial charge in [0.15, 0.2) is 0 Å². The molecule has 0 saturated carbocycles. The molecule has 0 amide bonds. The highest BCUT2D eigenvalue weighted by molar-refractivity contribution is 5.66. The smallest absolute Gasteiger partial charge is 0.144 e.